The van der Waals surface area contributed by atoms with E-state index < -0.39 is 0 Å². The number of fused-ring (bicyclic) bond motifs is 1. The van der Waals surface area contributed by atoms with E-state index in [0.717, 1.165) is 28.1 Å². The number of aromatic nitrogens is 2. The Balaban J connectivity index is 1.57. The minimum absolute atomic E-state index is 0.0191. The Kier molecular flexibility index (Phi) is 4.93. The number of benzene rings is 2. The lowest BCUT2D eigenvalue weighted by Gasteiger charge is -2.26. The van der Waals surface area contributed by atoms with E-state index in [1.807, 2.05) is 67.5 Å². The third kappa shape index (κ3) is 3.81. The number of hydrogen-bond acceptors (Lipinski definition) is 5. The second kappa shape index (κ2) is 7.68. The summed E-state index contributed by atoms with van der Waals surface area (Å²) in [7, 11) is 3.80. The van der Waals surface area contributed by atoms with Gasteiger partial charge in [0, 0.05) is 50.6 Å². The van der Waals surface area contributed by atoms with Crippen LogP contribution in [0.1, 0.15) is 29.0 Å². The van der Waals surface area contributed by atoms with Crippen molar-refractivity contribution in [1.82, 2.24) is 9.97 Å². The maximum atomic E-state index is 12.3. The first-order valence-corrected chi connectivity index (χ1v) is 9.20. The average molecular weight is 374 g/mol. The summed E-state index contributed by atoms with van der Waals surface area (Å²) >= 11 is 0. The Morgan fingerprint density at radius 3 is 2.57 bits per heavy atom. The van der Waals surface area contributed by atoms with Gasteiger partial charge in [-0.05, 0) is 22.8 Å². The fraction of sp³-hybridized carbons (Fsp3) is 0.227. The number of carbonyl (C=O) groups is 1. The summed E-state index contributed by atoms with van der Waals surface area (Å²) in [4.78, 5) is 22.9. The highest BCUT2D eigenvalue weighted by Crippen LogP contribution is 2.38. The lowest BCUT2D eigenvalue weighted by Crippen LogP contribution is -2.24. The zero-order valence-electron chi connectivity index (χ0n) is 15.9. The Morgan fingerprint density at radius 1 is 1.11 bits per heavy atom. The molecule has 6 heteroatoms. The van der Waals surface area contributed by atoms with Gasteiger partial charge >= 0.3 is 0 Å². The van der Waals surface area contributed by atoms with E-state index in [1.165, 1.54) is 0 Å². The molecule has 0 saturated heterocycles. The van der Waals surface area contributed by atoms with Crippen LogP contribution in [0, 0.1) is 0 Å². The van der Waals surface area contributed by atoms with Crippen molar-refractivity contribution in [2.24, 2.45) is 0 Å². The van der Waals surface area contributed by atoms with Gasteiger partial charge in [0.15, 0.2) is 0 Å². The summed E-state index contributed by atoms with van der Waals surface area (Å²) < 4.78 is 5.89. The van der Waals surface area contributed by atoms with E-state index in [9.17, 15) is 4.79 Å². The molecular weight excluding hydrogens is 352 g/mol. The van der Waals surface area contributed by atoms with Crippen LogP contribution in [0.15, 0.2) is 60.9 Å². The highest BCUT2D eigenvalue weighted by atomic mass is 16.5. The summed E-state index contributed by atoms with van der Waals surface area (Å²) in [6.45, 7) is 0.483. The molecule has 1 aliphatic rings. The molecule has 1 atom stereocenters. The molecule has 0 spiro atoms. The maximum absolute atomic E-state index is 12.3. The molecule has 142 valence electrons. The first-order valence-electron chi connectivity index (χ1n) is 9.20. The average Bonchev–Trinajstić information content (AvgIpc) is 2.72. The topological polar surface area (TPSA) is 67.4 Å². The van der Waals surface area contributed by atoms with E-state index in [2.05, 4.69) is 15.3 Å². The number of hydrogen-bond donors (Lipinski definition) is 1. The van der Waals surface area contributed by atoms with E-state index in [1.54, 1.807) is 12.4 Å². The molecule has 1 N–H and O–H groups in total. The Labute approximate surface area is 164 Å². The second-order valence-corrected chi connectivity index (χ2v) is 7.04. The van der Waals surface area contributed by atoms with Crippen LogP contribution in [0.3, 0.4) is 0 Å². The molecule has 0 aliphatic carbocycles. The van der Waals surface area contributed by atoms with Crippen LogP contribution >= 0.6 is 0 Å². The van der Waals surface area contributed by atoms with E-state index in [-0.39, 0.29) is 11.8 Å². The second-order valence-electron chi connectivity index (χ2n) is 7.04. The van der Waals surface area contributed by atoms with Crippen molar-refractivity contribution < 1.29 is 9.53 Å². The third-order valence-electron chi connectivity index (χ3n) is 4.77. The summed E-state index contributed by atoms with van der Waals surface area (Å²) in [6.07, 6.45) is 3.98. The number of nitrogens with one attached hydrogen (secondary N) is 1. The van der Waals surface area contributed by atoms with Gasteiger partial charge in [0.05, 0.1) is 0 Å². The predicted octanol–water partition coefficient (Wildman–Crippen LogP) is 3.60. The fourth-order valence-corrected chi connectivity index (χ4v) is 3.31. The molecule has 2 aromatic carbocycles. The monoisotopic (exact) mass is 374 g/mol. The quantitative estimate of drug-likeness (QED) is 0.739. The molecule has 4 rings (SSSR count). The SMILES string of the molecule is CN(C)c1ncc(C2CC(=O)Nc3cc(OCc4ccccc4)ccc32)cn1. The Morgan fingerprint density at radius 2 is 1.86 bits per heavy atom. The molecule has 0 saturated carbocycles. The predicted molar refractivity (Wildman–Crippen MR) is 109 cm³/mol. The molecule has 1 aromatic heterocycles. The van der Waals surface area contributed by atoms with Crippen LogP contribution in [-0.4, -0.2) is 30.0 Å². The molecule has 0 fully saturated rings. The van der Waals surface area contributed by atoms with Crippen LogP contribution in [0.2, 0.25) is 0 Å². The zero-order valence-corrected chi connectivity index (χ0v) is 15.9. The van der Waals surface area contributed by atoms with Gasteiger partial charge in [-0.1, -0.05) is 36.4 Å². The van der Waals surface area contributed by atoms with Crippen LogP contribution in [-0.2, 0) is 11.4 Å². The third-order valence-corrected chi connectivity index (χ3v) is 4.77. The molecule has 2 heterocycles. The van der Waals surface area contributed by atoms with Crippen molar-refractivity contribution in [3.8, 4) is 5.75 Å². The molecule has 1 unspecified atom stereocenters. The normalized spacial score (nSPS) is 15.5. The first kappa shape index (κ1) is 18.0. The van der Waals surface area contributed by atoms with E-state index >= 15 is 0 Å². The molecule has 3 aromatic rings. The maximum Gasteiger partial charge on any atom is 0.225 e. The highest BCUT2D eigenvalue weighted by Gasteiger charge is 2.27. The van der Waals surface area contributed by atoms with Gasteiger partial charge in [0.1, 0.15) is 12.4 Å². The number of carbonyl (C=O) groups excluding carboxylic acids is 1. The van der Waals surface area contributed by atoms with Crippen molar-refractivity contribution in [3.05, 3.63) is 77.6 Å². The lowest BCUT2D eigenvalue weighted by atomic mass is 9.86. The summed E-state index contributed by atoms with van der Waals surface area (Å²) in [6, 6.07) is 15.8. The van der Waals surface area contributed by atoms with Gasteiger partial charge in [-0.3, -0.25) is 4.79 Å². The Bertz CT molecular complexity index is 972. The Hall–Kier alpha value is -3.41. The largest absolute Gasteiger partial charge is 0.489 e. The number of anilines is 2. The van der Waals surface area contributed by atoms with Crippen molar-refractivity contribution in [2.75, 3.05) is 24.3 Å². The number of amides is 1. The van der Waals surface area contributed by atoms with Gasteiger partial charge in [0.25, 0.3) is 0 Å². The van der Waals surface area contributed by atoms with Crippen molar-refractivity contribution in [2.45, 2.75) is 18.9 Å². The minimum atomic E-state index is -0.0665. The summed E-state index contributed by atoms with van der Waals surface area (Å²) in [5.74, 6) is 1.29. The standard InChI is InChI=1S/C22H22N4O2/c1-26(2)22-23-12-16(13-24-22)19-11-21(27)25-20-10-17(8-9-18(19)20)28-14-15-6-4-3-5-7-15/h3-10,12-13,19H,11,14H2,1-2H3,(H,25,27). The van der Waals surface area contributed by atoms with Gasteiger partial charge in [-0.25, -0.2) is 9.97 Å². The van der Waals surface area contributed by atoms with Crippen LogP contribution in [0.4, 0.5) is 11.6 Å². The van der Waals surface area contributed by atoms with Gasteiger partial charge < -0.3 is 15.0 Å². The van der Waals surface area contributed by atoms with Crippen molar-refractivity contribution in [3.63, 3.8) is 0 Å². The van der Waals surface area contributed by atoms with Crippen LogP contribution in [0.25, 0.3) is 0 Å². The molecular formula is C22H22N4O2. The molecule has 0 radical (unpaired) electrons. The molecule has 1 aliphatic heterocycles. The van der Waals surface area contributed by atoms with Gasteiger partial charge in [-0.2, -0.15) is 0 Å². The highest BCUT2D eigenvalue weighted by molar-refractivity contribution is 5.95. The molecule has 1 amide bonds. The molecule has 0 bridgehead atoms. The summed E-state index contributed by atoms with van der Waals surface area (Å²) in [5.41, 5.74) is 3.86. The minimum Gasteiger partial charge on any atom is -0.489 e. The van der Waals surface area contributed by atoms with E-state index in [0.29, 0.717) is 19.0 Å². The van der Waals surface area contributed by atoms with Crippen LogP contribution in [0.5, 0.6) is 5.75 Å². The molecule has 28 heavy (non-hydrogen) atoms. The number of ether oxygens (including phenoxy) is 1. The lowest BCUT2D eigenvalue weighted by molar-refractivity contribution is -0.116. The smallest absolute Gasteiger partial charge is 0.225 e. The summed E-state index contributed by atoms with van der Waals surface area (Å²) in [5, 5.41) is 2.96. The van der Waals surface area contributed by atoms with Crippen molar-refractivity contribution in [1.29, 1.82) is 0 Å². The first-order chi connectivity index (χ1) is 13.6. The number of rotatable bonds is 5. The van der Waals surface area contributed by atoms with Crippen LogP contribution < -0.4 is 15.0 Å². The van der Waals surface area contributed by atoms with Gasteiger partial charge in [-0.15, -0.1) is 0 Å². The van der Waals surface area contributed by atoms with Crippen molar-refractivity contribution >= 4 is 17.5 Å². The number of nitrogens with zero attached hydrogens (tertiary/aromatic N) is 3. The molecule has 6 nitrogen and oxygen atoms in total. The fourth-order valence-electron chi connectivity index (χ4n) is 3.31. The van der Waals surface area contributed by atoms with E-state index in [4.69, 9.17) is 4.74 Å². The van der Waals surface area contributed by atoms with Gasteiger partial charge in [0.2, 0.25) is 11.9 Å². The zero-order chi connectivity index (χ0) is 19.5.